The fourth-order valence-corrected chi connectivity index (χ4v) is 3.74. The molecule has 0 aromatic carbocycles. The Morgan fingerprint density at radius 3 is 2.80 bits per heavy atom. The number of carbonyl (C=O) groups excluding carboxylic acids is 1. The number of hydrogen-bond donors (Lipinski definition) is 3. The molecule has 1 fully saturated rings. The number of nitrogens with one attached hydrogen (secondary N) is 1. The van der Waals surface area contributed by atoms with Crippen molar-refractivity contribution in [1.82, 2.24) is 5.32 Å². The van der Waals surface area contributed by atoms with Gasteiger partial charge in [-0.3, -0.25) is 9.79 Å². The van der Waals surface area contributed by atoms with E-state index in [-0.39, 0.29) is 5.65 Å². The third-order valence-electron chi connectivity index (χ3n) is 4.52. The van der Waals surface area contributed by atoms with E-state index in [1.54, 1.807) is 0 Å². The van der Waals surface area contributed by atoms with Gasteiger partial charge in [0.15, 0.2) is 0 Å². The fraction of sp³-hybridized carbons (Fsp3) is 0.857. The van der Waals surface area contributed by atoms with E-state index >= 15 is 0 Å². The number of amidine groups is 1. The van der Waals surface area contributed by atoms with E-state index in [1.165, 1.54) is 32.1 Å². The van der Waals surface area contributed by atoms with Crippen molar-refractivity contribution >= 4 is 20.3 Å². The van der Waals surface area contributed by atoms with Gasteiger partial charge in [0, 0.05) is 5.92 Å². The third-order valence-corrected chi connectivity index (χ3v) is 4.85. The molecule has 114 valence electrons. The zero-order valence-electron chi connectivity index (χ0n) is 12.0. The third kappa shape index (κ3) is 4.00. The maximum absolute atomic E-state index is 11.5. The second kappa shape index (κ2) is 8.06. The molecule has 4 N–H and O–H groups in total. The molecule has 4 unspecified atom stereocenters. The Bertz CT molecular complexity index is 362. The Kier molecular flexibility index (Phi) is 6.40. The molecule has 1 aliphatic carbocycles. The quantitative estimate of drug-likeness (QED) is 0.696. The zero-order valence-corrected chi connectivity index (χ0v) is 13.0. The summed E-state index contributed by atoms with van der Waals surface area (Å²) < 4.78 is 0. The molecular weight excluding hydrogens is 273 g/mol. The van der Waals surface area contributed by atoms with Gasteiger partial charge in [-0.1, -0.05) is 25.7 Å². The maximum atomic E-state index is 11.5. The first kappa shape index (κ1) is 15.9. The van der Waals surface area contributed by atoms with Gasteiger partial charge >= 0.3 is 0 Å². The van der Waals surface area contributed by atoms with Gasteiger partial charge in [-0.05, 0) is 38.1 Å². The highest BCUT2D eigenvalue weighted by molar-refractivity contribution is 7.52. The number of hydrogen-bond acceptors (Lipinski definition) is 4. The molecule has 0 bridgehead atoms. The first-order valence-electron chi connectivity index (χ1n) is 7.75. The Morgan fingerprint density at radius 1 is 1.35 bits per heavy atom. The Hall–Kier alpha value is -0.510. The number of rotatable bonds is 4. The Labute approximate surface area is 122 Å². The minimum absolute atomic E-state index is 0.321. The first-order valence-corrected chi connectivity index (χ1v) is 8.70. The van der Waals surface area contributed by atoms with Gasteiger partial charge in [0.05, 0.1) is 6.04 Å². The van der Waals surface area contributed by atoms with E-state index in [2.05, 4.69) is 5.32 Å². The summed E-state index contributed by atoms with van der Waals surface area (Å²) >= 11 is 0. The van der Waals surface area contributed by atoms with Crippen LogP contribution in [0.25, 0.3) is 0 Å². The molecule has 1 heterocycles. The van der Waals surface area contributed by atoms with Crippen molar-refractivity contribution in [2.75, 3.05) is 6.54 Å². The molecule has 1 aliphatic heterocycles. The van der Waals surface area contributed by atoms with Crippen LogP contribution >= 0.6 is 8.81 Å². The summed E-state index contributed by atoms with van der Waals surface area (Å²) in [6.45, 7) is 0.677. The highest BCUT2D eigenvalue weighted by Gasteiger charge is 2.38. The standard InChI is InChI=1S/C14H26N3O2P/c15-9-5-7-11-10-6-3-1-2-4-8-12(10)16-13(11)17-14(18)20-19/h10-12,19-20H,1-9,15H2,(H,16,17,18). The lowest BCUT2D eigenvalue weighted by Gasteiger charge is -2.26. The monoisotopic (exact) mass is 299 g/mol. The van der Waals surface area contributed by atoms with Crippen LogP contribution in [0, 0.1) is 11.8 Å². The summed E-state index contributed by atoms with van der Waals surface area (Å²) in [4.78, 5) is 25.2. The SMILES string of the molecule is NCCCC1C(NC(=O)PO)=NC2CCCCCCC21. The maximum Gasteiger partial charge on any atom is 0.270 e. The number of fused-ring (bicyclic) bond motifs is 1. The number of aliphatic imine (C=N–C) groups is 1. The van der Waals surface area contributed by atoms with Crippen LogP contribution in [-0.4, -0.2) is 29.0 Å². The largest absolute Gasteiger partial charge is 0.367 e. The predicted molar refractivity (Wildman–Crippen MR) is 83.3 cm³/mol. The van der Waals surface area contributed by atoms with Crippen molar-refractivity contribution in [1.29, 1.82) is 0 Å². The average molecular weight is 299 g/mol. The second-order valence-corrected chi connectivity index (χ2v) is 6.52. The lowest BCUT2D eigenvalue weighted by Crippen LogP contribution is -2.34. The van der Waals surface area contributed by atoms with Crippen LogP contribution in [-0.2, 0) is 0 Å². The summed E-state index contributed by atoms with van der Waals surface area (Å²) in [6.07, 6.45) is 9.39. The van der Waals surface area contributed by atoms with Crippen LogP contribution in [0.2, 0.25) is 0 Å². The van der Waals surface area contributed by atoms with E-state index in [0.717, 1.165) is 25.1 Å². The summed E-state index contributed by atoms with van der Waals surface area (Å²) in [5.74, 6) is 1.68. The zero-order chi connectivity index (χ0) is 14.4. The molecule has 1 saturated carbocycles. The Morgan fingerprint density at radius 2 is 2.10 bits per heavy atom. The number of nitrogens with zero attached hydrogens (tertiary/aromatic N) is 1. The molecule has 4 atom stereocenters. The molecule has 2 aliphatic rings. The first-order chi connectivity index (χ1) is 9.76. The molecule has 20 heavy (non-hydrogen) atoms. The molecule has 0 aromatic rings. The molecule has 2 rings (SSSR count). The van der Waals surface area contributed by atoms with E-state index in [4.69, 9.17) is 15.6 Å². The van der Waals surface area contributed by atoms with Crippen molar-refractivity contribution < 1.29 is 9.69 Å². The molecular formula is C14H26N3O2P. The van der Waals surface area contributed by atoms with Crippen LogP contribution in [0.3, 0.4) is 0 Å². The second-order valence-electron chi connectivity index (χ2n) is 5.84. The smallest absolute Gasteiger partial charge is 0.270 e. The number of nitrogens with two attached hydrogens (primary N) is 1. The van der Waals surface area contributed by atoms with Crippen molar-refractivity contribution in [3.05, 3.63) is 0 Å². The van der Waals surface area contributed by atoms with Gasteiger partial charge in [0.25, 0.3) is 5.65 Å². The lowest BCUT2D eigenvalue weighted by molar-refractivity contribution is 0.261. The van der Waals surface area contributed by atoms with Crippen LogP contribution in [0.15, 0.2) is 4.99 Å². The van der Waals surface area contributed by atoms with Crippen LogP contribution in [0.5, 0.6) is 0 Å². The molecule has 6 heteroatoms. The molecule has 0 aromatic heterocycles. The Balaban J connectivity index is 2.08. The van der Waals surface area contributed by atoms with Crippen molar-refractivity contribution in [2.24, 2.45) is 22.6 Å². The van der Waals surface area contributed by atoms with Gasteiger partial charge < -0.3 is 15.9 Å². The lowest BCUT2D eigenvalue weighted by atomic mass is 9.79. The molecule has 0 saturated heterocycles. The van der Waals surface area contributed by atoms with Gasteiger partial charge in [-0.2, -0.15) is 0 Å². The van der Waals surface area contributed by atoms with Crippen molar-refractivity contribution in [2.45, 2.75) is 57.4 Å². The van der Waals surface area contributed by atoms with Gasteiger partial charge in [-0.25, -0.2) is 0 Å². The molecule has 0 radical (unpaired) electrons. The number of carbonyl (C=O) groups is 1. The van der Waals surface area contributed by atoms with Crippen molar-refractivity contribution in [3.63, 3.8) is 0 Å². The van der Waals surface area contributed by atoms with E-state index in [0.29, 0.717) is 24.4 Å². The van der Waals surface area contributed by atoms with Gasteiger partial charge in [-0.15, -0.1) is 0 Å². The topological polar surface area (TPSA) is 87.7 Å². The van der Waals surface area contributed by atoms with E-state index < -0.39 is 8.81 Å². The minimum Gasteiger partial charge on any atom is -0.367 e. The molecule has 0 spiro atoms. The van der Waals surface area contributed by atoms with E-state index in [1.807, 2.05) is 0 Å². The number of amides is 1. The summed E-state index contributed by atoms with van der Waals surface area (Å²) in [5.41, 5.74) is 5.31. The van der Waals surface area contributed by atoms with E-state index in [9.17, 15) is 4.79 Å². The average Bonchev–Trinajstić information content (AvgIpc) is 2.72. The summed E-state index contributed by atoms with van der Waals surface area (Å²) in [5, 5.41) is 2.82. The van der Waals surface area contributed by atoms with Crippen molar-refractivity contribution in [3.8, 4) is 0 Å². The molecule has 5 nitrogen and oxygen atoms in total. The van der Waals surface area contributed by atoms with Gasteiger partial charge in [0.2, 0.25) is 0 Å². The highest BCUT2D eigenvalue weighted by atomic mass is 31.1. The van der Waals surface area contributed by atoms with Gasteiger partial charge in [0.1, 0.15) is 14.6 Å². The fourth-order valence-electron chi connectivity index (χ4n) is 3.56. The highest BCUT2D eigenvalue weighted by Crippen LogP contribution is 2.38. The van der Waals surface area contributed by atoms with Crippen LogP contribution in [0.1, 0.15) is 51.4 Å². The predicted octanol–water partition coefficient (Wildman–Crippen LogP) is 2.39. The minimum atomic E-state index is -0.707. The normalized spacial score (nSPS) is 30.7. The molecule has 1 amide bonds. The van der Waals surface area contributed by atoms with Crippen LogP contribution < -0.4 is 11.1 Å². The summed E-state index contributed by atoms with van der Waals surface area (Å²) in [6, 6.07) is 0.357. The van der Waals surface area contributed by atoms with Crippen LogP contribution in [0.4, 0.5) is 4.79 Å². The summed E-state index contributed by atoms with van der Waals surface area (Å²) in [7, 11) is -0.707.